The van der Waals surface area contributed by atoms with Gasteiger partial charge in [-0.25, -0.2) is 0 Å². The Hall–Kier alpha value is -4.50. The standard InChI is InChI=1S/C32H40N6O8/c39-29(21-33-13-17-35(18-14-33)25-1-5-27(6-2-25)37(41)42)23-45-31-9-11-32(12-10-31)46-24-30(40)22-34-15-19-36(20-16-34)26-3-7-28(8-4-26)38(43)44/h1-12,29-30,39-40H,13-24H2/p+2/t29-,30-/m0/s1. The summed E-state index contributed by atoms with van der Waals surface area (Å²) in [6.07, 6.45) is -1.24. The molecule has 2 saturated heterocycles. The van der Waals surface area contributed by atoms with Crippen LogP contribution in [0.2, 0.25) is 0 Å². The van der Waals surface area contributed by atoms with E-state index in [-0.39, 0.29) is 24.6 Å². The number of nitro groups is 2. The zero-order chi connectivity index (χ0) is 32.5. The first-order valence-electron chi connectivity index (χ1n) is 15.6. The van der Waals surface area contributed by atoms with Gasteiger partial charge in [0, 0.05) is 35.6 Å². The van der Waals surface area contributed by atoms with Gasteiger partial charge in [-0.2, -0.15) is 0 Å². The molecule has 2 heterocycles. The molecule has 0 aromatic heterocycles. The molecule has 14 heteroatoms. The van der Waals surface area contributed by atoms with Crippen molar-refractivity contribution >= 4 is 22.7 Å². The van der Waals surface area contributed by atoms with Crippen molar-refractivity contribution in [2.75, 3.05) is 88.5 Å². The fourth-order valence-electron chi connectivity index (χ4n) is 5.94. The first-order chi connectivity index (χ1) is 22.2. The van der Waals surface area contributed by atoms with E-state index in [1.54, 1.807) is 48.5 Å². The summed E-state index contributed by atoms with van der Waals surface area (Å²) in [5, 5.41) is 42.9. The minimum Gasteiger partial charge on any atom is -0.491 e. The highest BCUT2D eigenvalue weighted by Crippen LogP contribution is 2.21. The summed E-state index contributed by atoms with van der Waals surface area (Å²) in [6.45, 7) is 8.12. The summed E-state index contributed by atoms with van der Waals surface area (Å²) in [5.74, 6) is 1.25. The van der Waals surface area contributed by atoms with Gasteiger partial charge in [0.1, 0.15) is 50.0 Å². The number of non-ortho nitro benzene ring substituents is 2. The van der Waals surface area contributed by atoms with Crippen molar-refractivity contribution in [3.63, 3.8) is 0 Å². The number of benzene rings is 3. The maximum Gasteiger partial charge on any atom is 0.269 e. The number of aliphatic hydroxyl groups is 2. The van der Waals surface area contributed by atoms with Gasteiger partial charge >= 0.3 is 0 Å². The Balaban J connectivity index is 0.950. The Morgan fingerprint density at radius 3 is 1.24 bits per heavy atom. The molecule has 2 aliphatic heterocycles. The normalized spacial score (nSPS) is 17.3. The van der Waals surface area contributed by atoms with Gasteiger partial charge < -0.3 is 39.3 Å². The Labute approximate surface area is 267 Å². The highest BCUT2D eigenvalue weighted by molar-refractivity contribution is 5.52. The average molecular weight is 639 g/mol. The minimum absolute atomic E-state index is 0.0833. The van der Waals surface area contributed by atoms with Crippen molar-refractivity contribution in [2.45, 2.75) is 12.2 Å². The largest absolute Gasteiger partial charge is 0.491 e. The summed E-state index contributed by atoms with van der Waals surface area (Å²) in [6, 6.07) is 20.4. The lowest BCUT2D eigenvalue weighted by atomic mass is 10.2. The van der Waals surface area contributed by atoms with Crippen molar-refractivity contribution in [2.24, 2.45) is 0 Å². The molecule has 14 nitrogen and oxygen atoms in total. The van der Waals surface area contributed by atoms with E-state index in [1.807, 2.05) is 0 Å². The van der Waals surface area contributed by atoms with E-state index >= 15 is 0 Å². The van der Waals surface area contributed by atoms with Crippen LogP contribution < -0.4 is 29.1 Å². The lowest BCUT2D eigenvalue weighted by molar-refractivity contribution is -0.903. The van der Waals surface area contributed by atoms with Gasteiger partial charge in [-0.3, -0.25) is 20.2 Å². The molecule has 0 amide bonds. The van der Waals surface area contributed by atoms with Gasteiger partial charge in [0.25, 0.3) is 11.4 Å². The van der Waals surface area contributed by atoms with E-state index in [0.29, 0.717) is 24.6 Å². The van der Waals surface area contributed by atoms with E-state index in [4.69, 9.17) is 9.47 Å². The number of nitro benzene ring substituents is 2. The quantitative estimate of drug-likeness (QED) is 0.138. The molecule has 0 radical (unpaired) electrons. The summed E-state index contributed by atoms with van der Waals surface area (Å²) in [5.41, 5.74) is 2.10. The molecular formula is C32H42N6O8+2. The molecule has 2 aliphatic rings. The number of hydrogen-bond acceptors (Lipinski definition) is 10. The molecular weight excluding hydrogens is 596 g/mol. The van der Waals surface area contributed by atoms with Crippen LogP contribution in [0.1, 0.15) is 0 Å². The van der Waals surface area contributed by atoms with Crippen molar-refractivity contribution in [1.82, 2.24) is 0 Å². The summed E-state index contributed by atoms with van der Waals surface area (Å²) < 4.78 is 11.6. The molecule has 0 unspecified atom stereocenters. The molecule has 3 aromatic rings. The number of ether oxygens (including phenoxy) is 2. The number of rotatable bonds is 14. The van der Waals surface area contributed by atoms with Crippen LogP contribution in [0.15, 0.2) is 72.8 Å². The van der Waals surface area contributed by atoms with Crippen LogP contribution in [0, 0.1) is 20.2 Å². The first kappa shape index (κ1) is 32.9. The lowest BCUT2D eigenvalue weighted by Crippen LogP contribution is -3.16. The topological polar surface area (TPSA) is 161 Å². The third-order valence-electron chi connectivity index (χ3n) is 8.55. The van der Waals surface area contributed by atoms with Gasteiger partial charge in [-0.05, 0) is 48.5 Å². The SMILES string of the molecule is O=[N+]([O-])c1ccc(N2CC[NH+](C[C@H](O)COc3ccc(OC[C@@H](O)C[NH+]4CCN(c5ccc([N+](=O)[O-])cc5)CC4)cc3)CC2)cc1. The monoisotopic (exact) mass is 638 g/mol. The fourth-order valence-corrected chi connectivity index (χ4v) is 5.94. The maximum atomic E-state index is 10.9. The number of hydrogen-bond donors (Lipinski definition) is 4. The van der Waals surface area contributed by atoms with Crippen molar-refractivity contribution < 1.29 is 39.3 Å². The molecule has 4 N–H and O–H groups in total. The number of piperazine rings is 2. The summed E-state index contributed by atoms with van der Waals surface area (Å²) in [7, 11) is 0. The van der Waals surface area contributed by atoms with Gasteiger partial charge in [-0.1, -0.05) is 0 Å². The zero-order valence-corrected chi connectivity index (χ0v) is 25.7. The highest BCUT2D eigenvalue weighted by Gasteiger charge is 2.25. The third-order valence-corrected chi connectivity index (χ3v) is 8.55. The van der Waals surface area contributed by atoms with E-state index in [9.17, 15) is 30.4 Å². The van der Waals surface area contributed by atoms with Crippen molar-refractivity contribution in [3.8, 4) is 11.5 Å². The third kappa shape index (κ3) is 9.26. The number of nitrogens with one attached hydrogen (secondary N) is 2. The van der Waals surface area contributed by atoms with Crippen LogP contribution in [0.25, 0.3) is 0 Å². The van der Waals surface area contributed by atoms with Gasteiger partial charge in [0.2, 0.25) is 0 Å². The molecule has 0 saturated carbocycles. The van der Waals surface area contributed by atoms with Crippen LogP contribution in [0.5, 0.6) is 11.5 Å². The molecule has 246 valence electrons. The molecule has 2 fully saturated rings. The minimum atomic E-state index is -0.620. The van der Waals surface area contributed by atoms with Crippen LogP contribution >= 0.6 is 0 Å². The van der Waals surface area contributed by atoms with E-state index in [0.717, 1.165) is 63.7 Å². The highest BCUT2D eigenvalue weighted by atomic mass is 16.6. The molecule has 5 rings (SSSR count). The maximum absolute atomic E-state index is 10.9. The first-order valence-corrected chi connectivity index (χ1v) is 15.6. The Morgan fingerprint density at radius 1 is 0.609 bits per heavy atom. The van der Waals surface area contributed by atoms with Crippen LogP contribution in [0.4, 0.5) is 22.7 Å². The number of anilines is 2. The van der Waals surface area contributed by atoms with Gasteiger partial charge in [0.05, 0.1) is 62.2 Å². The van der Waals surface area contributed by atoms with E-state index in [1.165, 1.54) is 34.1 Å². The smallest absolute Gasteiger partial charge is 0.269 e. The molecule has 3 aromatic carbocycles. The van der Waals surface area contributed by atoms with Crippen molar-refractivity contribution in [1.29, 1.82) is 0 Å². The molecule has 0 aliphatic carbocycles. The number of aliphatic hydroxyl groups excluding tert-OH is 2. The second-order valence-electron chi connectivity index (χ2n) is 11.8. The zero-order valence-electron chi connectivity index (χ0n) is 25.7. The van der Waals surface area contributed by atoms with E-state index in [2.05, 4.69) is 9.80 Å². The molecule has 0 bridgehead atoms. The van der Waals surface area contributed by atoms with Crippen LogP contribution in [-0.4, -0.2) is 111 Å². The Kier molecular flexibility index (Phi) is 11.2. The Morgan fingerprint density at radius 2 is 0.935 bits per heavy atom. The summed E-state index contributed by atoms with van der Waals surface area (Å²) in [4.78, 5) is 27.9. The predicted molar refractivity (Wildman–Crippen MR) is 171 cm³/mol. The van der Waals surface area contributed by atoms with Gasteiger partial charge in [0.15, 0.2) is 0 Å². The molecule has 2 atom stereocenters. The van der Waals surface area contributed by atoms with Crippen LogP contribution in [0.3, 0.4) is 0 Å². The Bertz CT molecular complexity index is 1300. The second kappa shape index (κ2) is 15.7. The van der Waals surface area contributed by atoms with Gasteiger partial charge in [-0.15, -0.1) is 0 Å². The van der Waals surface area contributed by atoms with E-state index < -0.39 is 22.1 Å². The van der Waals surface area contributed by atoms with Crippen LogP contribution in [-0.2, 0) is 0 Å². The molecule has 46 heavy (non-hydrogen) atoms. The molecule has 0 spiro atoms. The van der Waals surface area contributed by atoms with Crippen molar-refractivity contribution in [3.05, 3.63) is 93.0 Å². The number of nitrogens with zero attached hydrogens (tertiary/aromatic N) is 4. The second-order valence-corrected chi connectivity index (χ2v) is 11.8. The summed E-state index contributed by atoms with van der Waals surface area (Å²) >= 11 is 0. The average Bonchev–Trinajstić information content (AvgIpc) is 3.07. The fraction of sp³-hybridized carbons (Fsp3) is 0.438. The predicted octanol–water partition coefficient (Wildman–Crippen LogP) is -0.207. The lowest BCUT2D eigenvalue weighted by Gasteiger charge is -2.34. The number of quaternary nitrogens is 2.